The van der Waals surface area contributed by atoms with Crippen molar-refractivity contribution in [2.75, 3.05) is 34.7 Å². The molecule has 0 aliphatic heterocycles. The maximum Gasteiger partial charge on any atom is 0.525 e. The van der Waals surface area contributed by atoms with E-state index in [1.54, 1.807) is 21.3 Å². The van der Waals surface area contributed by atoms with Gasteiger partial charge in [-0.2, -0.15) is 0 Å². The zero-order valence-corrected chi connectivity index (χ0v) is 9.07. The summed E-state index contributed by atoms with van der Waals surface area (Å²) >= 11 is 0. The van der Waals surface area contributed by atoms with Crippen LogP contribution in [0.15, 0.2) is 0 Å². The molecule has 10 heavy (non-hydrogen) atoms. The lowest BCUT2D eigenvalue weighted by Crippen LogP contribution is -2.40. The fourth-order valence-corrected chi connectivity index (χ4v) is 5.68. The Morgan fingerprint density at radius 2 is 1.20 bits per heavy atom. The molecule has 0 unspecified atom stereocenters. The van der Waals surface area contributed by atoms with E-state index >= 15 is 0 Å². The summed E-state index contributed by atoms with van der Waals surface area (Å²) in [5.74, 6) is 0. The van der Waals surface area contributed by atoms with Gasteiger partial charge in [-0.1, -0.05) is 0 Å². The second-order valence-corrected chi connectivity index (χ2v) is 10.4. The molecule has 0 bridgehead atoms. The van der Waals surface area contributed by atoms with Gasteiger partial charge in [0.15, 0.2) is 0 Å². The molecule has 0 saturated carbocycles. The Bertz CT molecular complexity index is 86.6. The molecule has 0 aromatic rings. The minimum Gasteiger partial charge on any atom is -0.374 e. The lowest BCUT2D eigenvalue weighted by Gasteiger charge is -2.27. The third-order valence-electron chi connectivity index (χ3n) is 1.32. The average molecular weight is 182 g/mol. The molecular formula is C5H15O3PSi. The standard InChI is InChI=1S/C5H15O3PSi/c1-6-10(7-2,8-3)9(4)5/h1-5H3. The van der Waals surface area contributed by atoms with Gasteiger partial charge in [-0.25, -0.2) is 0 Å². The molecule has 0 spiro atoms. The maximum absolute atomic E-state index is 5.22. The van der Waals surface area contributed by atoms with Gasteiger partial charge in [0.05, 0.1) is 0 Å². The average Bonchev–Trinajstić information content (AvgIpc) is 1.92. The van der Waals surface area contributed by atoms with Gasteiger partial charge in [0, 0.05) is 21.3 Å². The van der Waals surface area contributed by atoms with Gasteiger partial charge in [0.1, 0.15) is 0 Å². The van der Waals surface area contributed by atoms with E-state index in [9.17, 15) is 0 Å². The zero-order valence-electron chi connectivity index (χ0n) is 7.17. The van der Waals surface area contributed by atoms with E-state index in [4.69, 9.17) is 13.3 Å². The Hall–Kier alpha value is 0.527. The molecule has 3 nitrogen and oxygen atoms in total. The maximum atomic E-state index is 5.22. The van der Waals surface area contributed by atoms with Crippen molar-refractivity contribution in [3.63, 3.8) is 0 Å². The van der Waals surface area contributed by atoms with Crippen LogP contribution in [0, 0.1) is 0 Å². The molecular weight excluding hydrogens is 167 g/mol. The molecule has 62 valence electrons. The molecule has 0 aromatic heterocycles. The molecule has 0 aliphatic carbocycles. The molecule has 0 N–H and O–H groups in total. The highest BCUT2D eigenvalue weighted by Gasteiger charge is 2.41. The van der Waals surface area contributed by atoms with Crippen molar-refractivity contribution in [3.05, 3.63) is 0 Å². The summed E-state index contributed by atoms with van der Waals surface area (Å²) in [6.07, 6.45) is 0. The molecule has 5 heteroatoms. The van der Waals surface area contributed by atoms with Gasteiger partial charge >= 0.3 is 8.47 Å². The van der Waals surface area contributed by atoms with Crippen LogP contribution in [-0.4, -0.2) is 43.1 Å². The van der Waals surface area contributed by atoms with Gasteiger partial charge in [-0.3, -0.25) is 0 Å². The van der Waals surface area contributed by atoms with Crippen LogP contribution >= 0.6 is 7.47 Å². The third-order valence-corrected chi connectivity index (χ3v) is 8.89. The topological polar surface area (TPSA) is 27.7 Å². The van der Waals surface area contributed by atoms with E-state index in [0.29, 0.717) is 0 Å². The van der Waals surface area contributed by atoms with Crippen LogP contribution in [0.1, 0.15) is 0 Å². The quantitative estimate of drug-likeness (QED) is 0.481. The molecule has 0 heterocycles. The normalized spacial score (nSPS) is 12.6. The second kappa shape index (κ2) is 4.41. The van der Waals surface area contributed by atoms with Crippen LogP contribution in [0.5, 0.6) is 0 Å². The Kier molecular flexibility index (Phi) is 4.65. The Balaban J connectivity index is 4.15. The summed E-state index contributed by atoms with van der Waals surface area (Å²) in [5, 5.41) is 0. The fraction of sp³-hybridized carbons (Fsp3) is 1.00. The van der Waals surface area contributed by atoms with Crippen molar-refractivity contribution in [2.24, 2.45) is 0 Å². The smallest absolute Gasteiger partial charge is 0.374 e. The van der Waals surface area contributed by atoms with Crippen molar-refractivity contribution in [3.8, 4) is 0 Å². The summed E-state index contributed by atoms with van der Waals surface area (Å²) in [6, 6.07) is 0. The summed E-state index contributed by atoms with van der Waals surface area (Å²) < 4.78 is 15.7. The van der Waals surface area contributed by atoms with E-state index in [1.807, 2.05) is 0 Å². The Morgan fingerprint density at radius 1 is 0.900 bits per heavy atom. The summed E-state index contributed by atoms with van der Waals surface area (Å²) in [7, 11) is 2.42. The highest BCUT2D eigenvalue weighted by atomic mass is 31.4. The van der Waals surface area contributed by atoms with Crippen LogP contribution in [0.25, 0.3) is 0 Å². The Labute approximate surface area is 64.6 Å². The molecule has 0 saturated heterocycles. The molecule has 0 rings (SSSR count). The van der Waals surface area contributed by atoms with Crippen LogP contribution in [0.3, 0.4) is 0 Å². The van der Waals surface area contributed by atoms with Gasteiger partial charge in [0.25, 0.3) is 0 Å². The molecule has 0 radical (unpaired) electrons. The fourth-order valence-electron chi connectivity index (χ4n) is 0.798. The molecule has 0 aromatic carbocycles. The minimum atomic E-state index is -2.23. The van der Waals surface area contributed by atoms with Gasteiger partial charge in [0.2, 0.25) is 0 Å². The highest BCUT2D eigenvalue weighted by Crippen LogP contribution is 2.39. The van der Waals surface area contributed by atoms with E-state index < -0.39 is 8.47 Å². The summed E-state index contributed by atoms with van der Waals surface area (Å²) in [4.78, 5) is 0. The number of hydrogen-bond donors (Lipinski definition) is 0. The van der Waals surface area contributed by atoms with Gasteiger partial charge in [-0.15, -0.1) is 0 Å². The molecule has 0 aliphatic rings. The van der Waals surface area contributed by atoms with Crippen molar-refractivity contribution in [2.45, 2.75) is 0 Å². The molecule has 0 amide bonds. The third kappa shape index (κ3) is 2.00. The van der Waals surface area contributed by atoms with E-state index in [1.165, 1.54) is 0 Å². The van der Waals surface area contributed by atoms with Crippen LogP contribution in [-0.2, 0) is 13.3 Å². The van der Waals surface area contributed by atoms with E-state index in [0.717, 1.165) is 0 Å². The molecule has 0 atom stereocenters. The first-order valence-electron chi connectivity index (χ1n) is 2.96. The van der Waals surface area contributed by atoms with Crippen molar-refractivity contribution >= 4 is 15.9 Å². The highest BCUT2D eigenvalue weighted by molar-refractivity contribution is 7.90. The first kappa shape index (κ1) is 10.5. The SMILES string of the molecule is CO[Si](OC)(OC)P(C)C. The van der Waals surface area contributed by atoms with Crippen molar-refractivity contribution in [1.29, 1.82) is 0 Å². The first-order chi connectivity index (χ1) is 4.63. The van der Waals surface area contributed by atoms with Gasteiger partial charge in [-0.05, 0) is 20.8 Å². The monoisotopic (exact) mass is 182 g/mol. The largest absolute Gasteiger partial charge is 0.525 e. The van der Waals surface area contributed by atoms with Crippen molar-refractivity contribution < 1.29 is 13.3 Å². The first-order valence-corrected chi connectivity index (χ1v) is 7.76. The van der Waals surface area contributed by atoms with E-state index in [2.05, 4.69) is 13.3 Å². The zero-order chi connectivity index (χ0) is 8.20. The van der Waals surface area contributed by atoms with Crippen LogP contribution in [0.2, 0.25) is 0 Å². The summed E-state index contributed by atoms with van der Waals surface area (Å²) in [6.45, 7) is 4.19. The lowest BCUT2D eigenvalue weighted by molar-refractivity contribution is 0.150. The van der Waals surface area contributed by atoms with Crippen LogP contribution in [0.4, 0.5) is 0 Å². The number of rotatable bonds is 4. The summed E-state index contributed by atoms with van der Waals surface area (Å²) in [5.41, 5.74) is 0. The lowest BCUT2D eigenvalue weighted by atomic mass is 11.8. The van der Waals surface area contributed by atoms with Gasteiger partial charge < -0.3 is 13.3 Å². The van der Waals surface area contributed by atoms with Crippen LogP contribution < -0.4 is 0 Å². The predicted molar refractivity (Wildman–Crippen MR) is 45.5 cm³/mol. The van der Waals surface area contributed by atoms with Crippen molar-refractivity contribution in [1.82, 2.24) is 0 Å². The van der Waals surface area contributed by atoms with E-state index in [-0.39, 0.29) is 7.47 Å². The predicted octanol–water partition coefficient (Wildman–Crippen LogP) is 1.10. The Morgan fingerprint density at radius 3 is 1.20 bits per heavy atom. The number of hydrogen-bond acceptors (Lipinski definition) is 3. The molecule has 0 fully saturated rings. The minimum absolute atomic E-state index is 0.276. The second-order valence-electron chi connectivity index (χ2n) is 2.03.